The quantitative estimate of drug-likeness (QED) is 0.770. The Morgan fingerprint density at radius 3 is 2.96 bits per heavy atom. The smallest absolute Gasteiger partial charge is 0.240 e. The average molecular weight is 332 g/mol. The van der Waals surface area contributed by atoms with Crippen LogP contribution in [0.4, 0.5) is 0 Å². The van der Waals surface area contributed by atoms with E-state index in [2.05, 4.69) is 33.9 Å². The highest BCUT2D eigenvalue weighted by atomic mass is 16.5. The first-order valence-corrected chi connectivity index (χ1v) is 8.28. The fraction of sp³-hybridized carbons (Fsp3) is 0.588. The molecule has 2 atom stereocenters. The number of hydrogen-bond donors (Lipinski definition) is 0. The summed E-state index contributed by atoms with van der Waals surface area (Å²) in [5.74, 6) is 2.42. The number of pyridine rings is 1. The second-order valence-electron chi connectivity index (χ2n) is 6.38. The lowest BCUT2D eigenvalue weighted by atomic mass is 10.2. The van der Waals surface area contributed by atoms with Crippen molar-refractivity contribution in [1.29, 1.82) is 0 Å². The Bertz CT molecular complexity index is 632. The first-order chi connectivity index (χ1) is 11.7. The molecule has 0 saturated carbocycles. The summed E-state index contributed by atoms with van der Waals surface area (Å²) in [6.07, 6.45) is 4.57. The predicted molar refractivity (Wildman–Crippen MR) is 87.7 cm³/mol. The summed E-state index contributed by atoms with van der Waals surface area (Å²) in [6.45, 7) is 6.13. The minimum absolute atomic E-state index is 0.194. The standard InChI is InChI=1S/C17H24N4O3/c1-12(2)17-19-16(24-20-17)10-21-9-15(22-3)7-13(21)11-23-14-5-4-6-18-8-14/h4-6,8,12-13,15H,7,9-11H2,1-3H3/t13-,15+/m0/s1. The van der Waals surface area contributed by atoms with Crippen LogP contribution in [0.3, 0.4) is 0 Å². The topological polar surface area (TPSA) is 73.5 Å². The maximum atomic E-state index is 5.87. The van der Waals surface area contributed by atoms with Crippen molar-refractivity contribution in [2.24, 2.45) is 0 Å². The second-order valence-corrected chi connectivity index (χ2v) is 6.38. The molecule has 24 heavy (non-hydrogen) atoms. The van der Waals surface area contributed by atoms with E-state index in [1.165, 1.54) is 0 Å². The summed E-state index contributed by atoms with van der Waals surface area (Å²) in [7, 11) is 1.75. The summed E-state index contributed by atoms with van der Waals surface area (Å²) >= 11 is 0. The number of ether oxygens (including phenoxy) is 2. The van der Waals surface area contributed by atoms with E-state index in [1.54, 1.807) is 19.5 Å². The van der Waals surface area contributed by atoms with Crippen molar-refractivity contribution in [1.82, 2.24) is 20.0 Å². The molecule has 7 heteroatoms. The highest BCUT2D eigenvalue weighted by molar-refractivity contribution is 5.15. The van der Waals surface area contributed by atoms with Gasteiger partial charge in [-0.3, -0.25) is 9.88 Å². The van der Waals surface area contributed by atoms with Crippen molar-refractivity contribution in [3.8, 4) is 5.75 Å². The molecule has 0 N–H and O–H groups in total. The highest BCUT2D eigenvalue weighted by Gasteiger charge is 2.33. The Hall–Kier alpha value is -1.99. The monoisotopic (exact) mass is 332 g/mol. The molecular weight excluding hydrogens is 308 g/mol. The van der Waals surface area contributed by atoms with Gasteiger partial charge in [0.2, 0.25) is 5.89 Å². The van der Waals surface area contributed by atoms with Crippen molar-refractivity contribution < 1.29 is 14.0 Å². The summed E-state index contributed by atoms with van der Waals surface area (Å²) in [5, 5.41) is 4.03. The zero-order valence-corrected chi connectivity index (χ0v) is 14.4. The fourth-order valence-electron chi connectivity index (χ4n) is 2.84. The summed E-state index contributed by atoms with van der Waals surface area (Å²) in [6, 6.07) is 4.02. The van der Waals surface area contributed by atoms with E-state index in [0.29, 0.717) is 19.0 Å². The molecule has 1 aliphatic heterocycles. The number of nitrogens with zero attached hydrogens (tertiary/aromatic N) is 4. The molecule has 3 rings (SSSR count). The molecule has 7 nitrogen and oxygen atoms in total. The van der Waals surface area contributed by atoms with Crippen LogP contribution in [0, 0.1) is 0 Å². The molecule has 0 aromatic carbocycles. The molecule has 1 aliphatic rings. The van der Waals surface area contributed by atoms with Crippen molar-refractivity contribution in [3.05, 3.63) is 36.2 Å². The van der Waals surface area contributed by atoms with Crippen LogP contribution in [0.5, 0.6) is 5.75 Å². The van der Waals surface area contributed by atoms with Gasteiger partial charge in [-0.2, -0.15) is 4.98 Å². The predicted octanol–water partition coefficient (Wildman–Crippen LogP) is 2.26. The van der Waals surface area contributed by atoms with Crippen LogP contribution in [0.15, 0.2) is 29.0 Å². The van der Waals surface area contributed by atoms with E-state index in [-0.39, 0.29) is 18.1 Å². The van der Waals surface area contributed by atoms with Crippen LogP contribution in [0.2, 0.25) is 0 Å². The molecule has 0 radical (unpaired) electrons. The zero-order chi connectivity index (χ0) is 16.9. The summed E-state index contributed by atoms with van der Waals surface area (Å²) in [4.78, 5) is 10.8. The zero-order valence-electron chi connectivity index (χ0n) is 14.4. The highest BCUT2D eigenvalue weighted by Crippen LogP contribution is 2.23. The molecule has 0 aliphatic carbocycles. The van der Waals surface area contributed by atoms with Crippen LogP contribution < -0.4 is 4.74 Å². The molecule has 1 saturated heterocycles. The molecule has 0 spiro atoms. The van der Waals surface area contributed by atoms with Gasteiger partial charge in [-0.05, 0) is 18.6 Å². The maximum Gasteiger partial charge on any atom is 0.240 e. The third-order valence-corrected chi connectivity index (χ3v) is 4.24. The Kier molecular flexibility index (Phi) is 5.42. The lowest BCUT2D eigenvalue weighted by molar-refractivity contribution is 0.105. The van der Waals surface area contributed by atoms with Gasteiger partial charge in [-0.1, -0.05) is 19.0 Å². The van der Waals surface area contributed by atoms with Gasteiger partial charge < -0.3 is 14.0 Å². The van der Waals surface area contributed by atoms with Crippen molar-refractivity contribution >= 4 is 0 Å². The lowest BCUT2D eigenvalue weighted by Gasteiger charge is -2.22. The van der Waals surface area contributed by atoms with Gasteiger partial charge in [0.05, 0.1) is 18.8 Å². The molecular formula is C17H24N4O3. The Balaban J connectivity index is 1.62. The van der Waals surface area contributed by atoms with Crippen molar-refractivity contribution in [2.45, 2.75) is 44.9 Å². The third-order valence-electron chi connectivity index (χ3n) is 4.24. The Morgan fingerprint density at radius 1 is 1.42 bits per heavy atom. The largest absolute Gasteiger partial charge is 0.490 e. The van der Waals surface area contributed by atoms with Gasteiger partial charge in [0.15, 0.2) is 5.82 Å². The second kappa shape index (κ2) is 7.72. The van der Waals surface area contributed by atoms with E-state index in [9.17, 15) is 0 Å². The average Bonchev–Trinajstić information content (AvgIpc) is 3.21. The van der Waals surface area contributed by atoms with Crippen LogP contribution in [0.1, 0.15) is 37.9 Å². The van der Waals surface area contributed by atoms with Gasteiger partial charge in [-0.25, -0.2) is 0 Å². The Morgan fingerprint density at radius 2 is 2.29 bits per heavy atom. The van der Waals surface area contributed by atoms with E-state index in [0.717, 1.165) is 24.5 Å². The van der Waals surface area contributed by atoms with Gasteiger partial charge in [0.25, 0.3) is 0 Å². The normalized spacial score (nSPS) is 21.5. The van der Waals surface area contributed by atoms with Crippen molar-refractivity contribution in [3.63, 3.8) is 0 Å². The van der Waals surface area contributed by atoms with Gasteiger partial charge in [0, 0.05) is 31.8 Å². The number of likely N-dealkylation sites (tertiary alicyclic amines) is 1. The van der Waals surface area contributed by atoms with Gasteiger partial charge >= 0.3 is 0 Å². The molecule has 3 heterocycles. The van der Waals surface area contributed by atoms with Crippen LogP contribution in [-0.4, -0.2) is 52.4 Å². The first kappa shape index (κ1) is 16.9. The molecule has 0 unspecified atom stereocenters. The Labute approximate surface area is 142 Å². The minimum Gasteiger partial charge on any atom is -0.490 e. The van der Waals surface area contributed by atoms with Crippen LogP contribution in [0.25, 0.3) is 0 Å². The summed E-state index contributed by atoms with van der Waals surface area (Å²) < 4.78 is 16.8. The molecule has 2 aromatic rings. The van der Waals surface area contributed by atoms with E-state index in [1.807, 2.05) is 12.1 Å². The van der Waals surface area contributed by atoms with E-state index in [4.69, 9.17) is 14.0 Å². The SMILES string of the molecule is CO[C@@H]1C[C@@H](COc2cccnc2)N(Cc2nc(C(C)C)no2)C1. The van der Waals surface area contributed by atoms with Gasteiger partial charge in [-0.15, -0.1) is 0 Å². The fourth-order valence-corrected chi connectivity index (χ4v) is 2.84. The maximum absolute atomic E-state index is 5.87. The lowest BCUT2D eigenvalue weighted by Crippen LogP contribution is -2.34. The van der Waals surface area contributed by atoms with Crippen molar-refractivity contribution in [2.75, 3.05) is 20.3 Å². The minimum atomic E-state index is 0.194. The third kappa shape index (κ3) is 4.10. The molecule has 130 valence electrons. The number of rotatable bonds is 7. The summed E-state index contributed by atoms with van der Waals surface area (Å²) in [5.41, 5.74) is 0. The van der Waals surface area contributed by atoms with E-state index < -0.39 is 0 Å². The van der Waals surface area contributed by atoms with Crippen LogP contribution >= 0.6 is 0 Å². The van der Waals surface area contributed by atoms with Crippen LogP contribution in [-0.2, 0) is 11.3 Å². The molecule has 2 aromatic heterocycles. The number of methoxy groups -OCH3 is 1. The van der Waals surface area contributed by atoms with E-state index >= 15 is 0 Å². The van der Waals surface area contributed by atoms with Gasteiger partial charge in [0.1, 0.15) is 12.4 Å². The molecule has 1 fully saturated rings. The molecule has 0 bridgehead atoms. The number of hydrogen-bond acceptors (Lipinski definition) is 7. The molecule has 0 amide bonds. The first-order valence-electron chi connectivity index (χ1n) is 8.28. The number of aromatic nitrogens is 3.